The monoisotopic (exact) mass is 180 g/mol. The first-order chi connectivity index (χ1) is 4.79. The minimum atomic E-state index is -0.182. The molecule has 2 N–H and O–H groups in total. The van der Waals surface area contributed by atoms with Gasteiger partial charge in [0.15, 0.2) is 0 Å². The molecule has 0 radical (unpaired) electrons. The van der Waals surface area contributed by atoms with Gasteiger partial charge >= 0.3 is 0 Å². The molecule has 0 saturated carbocycles. The summed E-state index contributed by atoms with van der Waals surface area (Å²) in [6, 6.07) is 0. The van der Waals surface area contributed by atoms with Gasteiger partial charge in [-0.05, 0) is 6.92 Å². The van der Waals surface area contributed by atoms with Crippen molar-refractivity contribution in [1.29, 1.82) is 0 Å². The van der Waals surface area contributed by atoms with Crippen LogP contribution in [0.4, 0.5) is 0 Å². The van der Waals surface area contributed by atoms with Gasteiger partial charge in [0.1, 0.15) is 0 Å². The summed E-state index contributed by atoms with van der Waals surface area (Å²) in [7, 11) is 0. The van der Waals surface area contributed by atoms with E-state index < -0.39 is 0 Å². The summed E-state index contributed by atoms with van der Waals surface area (Å²) in [4.78, 5) is 2.28. The van der Waals surface area contributed by atoms with Gasteiger partial charge < -0.3 is 10.4 Å². The maximum Gasteiger partial charge on any atom is 0.0639 e. The van der Waals surface area contributed by atoms with Gasteiger partial charge in [-0.2, -0.15) is 0 Å². The lowest BCUT2D eigenvalue weighted by Crippen LogP contribution is -2.45. The summed E-state index contributed by atoms with van der Waals surface area (Å²) >= 11 is 0. The summed E-state index contributed by atoms with van der Waals surface area (Å²) in [5.41, 5.74) is 0. The second-order valence-electron chi connectivity index (χ2n) is 2.90. The topological polar surface area (TPSA) is 35.5 Å². The Hall–Kier alpha value is 0.170. The van der Waals surface area contributed by atoms with E-state index in [0.717, 1.165) is 32.7 Å². The van der Waals surface area contributed by atoms with Crippen LogP contribution in [0.2, 0.25) is 0 Å². The summed E-state index contributed by atoms with van der Waals surface area (Å²) in [5, 5.41) is 12.3. The molecule has 1 aliphatic heterocycles. The van der Waals surface area contributed by atoms with E-state index >= 15 is 0 Å². The molecule has 0 aromatic rings. The predicted molar refractivity (Wildman–Crippen MR) is 48.2 cm³/mol. The number of halogens is 1. The second kappa shape index (κ2) is 5.77. The van der Waals surface area contributed by atoms with E-state index in [0.29, 0.717) is 0 Å². The highest BCUT2D eigenvalue weighted by Gasteiger charge is 2.10. The summed E-state index contributed by atoms with van der Waals surface area (Å²) in [5.74, 6) is 0. The first kappa shape index (κ1) is 11.2. The fraction of sp³-hybridized carbons (Fsp3) is 1.00. The Kier molecular flexibility index (Phi) is 5.86. The Bertz CT molecular complexity index is 94.4. The lowest BCUT2D eigenvalue weighted by Gasteiger charge is -2.27. The molecule has 0 bridgehead atoms. The van der Waals surface area contributed by atoms with Gasteiger partial charge in [0.2, 0.25) is 0 Å². The van der Waals surface area contributed by atoms with Crippen LogP contribution in [0.1, 0.15) is 6.92 Å². The van der Waals surface area contributed by atoms with Crippen LogP contribution < -0.4 is 5.32 Å². The third-order valence-electron chi connectivity index (χ3n) is 1.73. The Morgan fingerprint density at radius 2 is 2.00 bits per heavy atom. The first-order valence-electron chi connectivity index (χ1n) is 3.90. The number of nitrogens with zero attached hydrogens (tertiary/aromatic N) is 1. The largest absolute Gasteiger partial charge is 0.392 e. The van der Waals surface area contributed by atoms with Gasteiger partial charge in [0.25, 0.3) is 0 Å². The smallest absolute Gasteiger partial charge is 0.0639 e. The van der Waals surface area contributed by atoms with Crippen LogP contribution in [0.5, 0.6) is 0 Å². The number of β-amino-alcohol motifs (C(OH)–C–C–N with tert-alkyl or cyclic N) is 1. The van der Waals surface area contributed by atoms with Crippen molar-refractivity contribution in [2.75, 3.05) is 32.7 Å². The predicted octanol–water partition coefficient (Wildman–Crippen LogP) is -0.306. The minimum absolute atomic E-state index is 0. The van der Waals surface area contributed by atoms with Crippen LogP contribution in [0.25, 0.3) is 0 Å². The van der Waals surface area contributed by atoms with Crippen molar-refractivity contribution in [3.63, 3.8) is 0 Å². The van der Waals surface area contributed by atoms with Crippen molar-refractivity contribution in [2.45, 2.75) is 13.0 Å². The van der Waals surface area contributed by atoms with Crippen LogP contribution in [-0.2, 0) is 0 Å². The van der Waals surface area contributed by atoms with E-state index in [-0.39, 0.29) is 18.5 Å². The molecule has 1 saturated heterocycles. The number of aliphatic hydroxyl groups is 1. The molecule has 68 valence electrons. The van der Waals surface area contributed by atoms with Crippen LogP contribution in [-0.4, -0.2) is 48.8 Å². The van der Waals surface area contributed by atoms with Gasteiger partial charge in [0.05, 0.1) is 6.10 Å². The summed E-state index contributed by atoms with van der Waals surface area (Å²) in [6.07, 6.45) is -0.182. The number of rotatable bonds is 2. The fourth-order valence-electron chi connectivity index (χ4n) is 1.27. The molecular weight excluding hydrogens is 164 g/mol. The third kappa shape index (κ3) is 4.58. The van der Waals surface area contributed by atoms with E-state index in [4.69, 9.17) is 5.11 Å². The second-order valence-corrected chi connectivity index (χ2v) is 2.90. The fourth-order valence-corrected chi connectivity index (χ4v) is 1.27. The van der Waals surface area contributed by atoms with E-state index in [9.17, 15) is 0 Å². The number of nitrogens with one attached hydrogen (secondary N) is 1. The maximum atomic E-state index is 9.04. The number of aliphatic hydroxyl groups excluding tert-OH is 1. The van der Waals surface area contributed by atoms with Gasteiger partial charge in [0, 0.05) is 32.7 Å². The SMILES string of the molecule is CC(O)CN1CCNCC1.Cl. The molecule has 0 amide bonds. The lowest BCUT2D eigenvalue weighted by molar-refractivity contribution is 0.118. The highest BCUT2D eigenvalue weighted by molar-refractivity contribution is 5.85. The molecule has 0 aromatic carbocycles. The van der Waals surface area contributed by atoms with Crippen LogP contribution in [0.3, 0.4) is 0 Å². The average Bonchev–Trinajstić information content (AvgIpc) is 1.88. The van der Waals surface area contributed by atoms with Gasteiger partial charge in [-0.1, -0.05) is 0 Å². The van der Waals surface area contributed by atoms with E-state index in [2.05, 4.69) is 10.2 Å². The summed E-state index contributed by atoms with van der Waals surface area (Å²) in [6.45, 7) is 6.93. The Morgan fingerprint density at radius 1 is 1.45 bits per heavy atom. The zero-order valence-corrected chi connectivity index (χ0v) is 7.73. The zero-order chi connectivity index (χ0) is 7.40. The van der Waals surface area contributed by atoms with Gasteiger partial charge in [-0.15, -0.1) is 12.4 Å². The summed E-state index contributed by atoms with van der Waals surface area (Å²) < 4.78 is 0. The molecule has 3 nitrogen and oxygen atoms in total. The van der Waals surface area contributed by atoms with E-state index in [1.165, 1.54) is 0 Å². The third-order valence-corrected chi connectivity index (χ3v) is 1.73. The highest BCUT2D eigenvalue weighted by atomic mass is 35.5. The van der Waals surface area contributed by atoms with Crippen molar-refractivity contribution in [1.82, 2.24) is 10.2 Å². The molecule has 1 unspecified atom stereocenters. The quantitative estimate of drug-likeness (QED) is 0.613. The standard InChI is InChI=1S/C7H16N2O.ClH/c1-7(10)6-9-4-2-8-3-5-9;/h7-8,10H,2-6H2,1H3;1H. The molecule has 4 heteroatoms. The number of piperazine rings is 1. The van der Waals surface area contributed by atoms with Crippen molar-refractivity contribution < 1.29 is 5.11 Å². The van der Waals surface area contributed by atoms with Crippen LogP contribution >= 0.6 is 12.4 Å². The van der Waals surface area contributed by atoms with Gasteiger partial charge in [-0.25, -0.2) is 0 Å². The van der Waals surface area contributed by atoms with Crippen molar-refractivity contribution in [2.24, 2.45) is 0 Å². The molecule has 1 aliphatic rings. The minimum Gasteiger partial charge on any atom is -0.392 e. The van der Waals surface area contributed by atoms with Crippen molar-refractivity contribution in [3.8, 4) is 0 Å². The zero-order valence-electron chi connectivity index (χ0n) is 6.92. The first-order valence-corrected chi connectivity index (χ1v) is 3.90. The van der Waals surface area contributed by atoms with Crippen molar-refractivity contribution >= 4 is 12.4 Å². The molecule has 0 spiro atoms. The lowest BCUT2D eigenvalue weighted by atomic mass is 10.3. The van der Waals surface area contributed by atoms with Crippen LogP contribution in [0.15, 0.2) is 0 Å². The molecule has 1 rings (SSSR count). The molecule has 0 aromatic heterocycles. The Morgan fingerprint density at radius 3 is 2.45 bits per heavy atom. The van der Waals surface area contributed by atoms with E-state index in [1.54, 1.807) is 0 Å². The molecular formula is C7H17ClN2O. The van der Waals surface area contributed by atoms with Crippen LogP contribution in [0, 0.1) is 0 Å². The van der Waals surface area contributed by atoms with E-state index in [1.807, 2.05) is 6.92 Å². The Labute approximate surface area is 74.2 Å². The molecule has 1 atom stereocenters. The van der Waals surface area contributed by atoms with Crippen molar-refractivity contribution in [3.05, 3.63) is 0 Å². The number of hydrogen-bond acceptors (Lipinski definition) is 3. The molecule has 1 heterocycles. The highest BCUT2D eigenvalue weighted by Crippen LogP contribution is 1.93. The average molecular weight is 181 g/mol. The van der Waals surface area contributed by atoms with Gasteiger partial charge in [-0.3, -0.25) is 4.90 Å². The number of hydrogen-bond donors (Lipinski definition) is 2. The normalized spacial score (nSPS) is 22.4. The maximum absolute atomic E-state index is 9.04. The molecule has 11 heavy (non-hydrogen) atoms. The molecule has 0 aliphatic carbocycles. The Balaban J connectivity index is 0.000001000. The molecule has 1 fully saturated rings.